The molecule has 34 heavy (non-hydrogen) atoms. The second-order valence-electron chi connectivity index (χ2n) is 9.51. The van der Waals surface area contributed by atoms with Gasteiger partial charge in [-0.3, -0.25) is 24.6 Å². The van der Waals surface area contributed by atoms with Gasteiger partial charge in [-0.1, -0.05) is 29.4 Å². The summed E-state index contributed by atoms with van der Waals surface area (Å²) in [6, 6.07) is 13.4. The Morgan fingerprint density at radius 3 is 2.68 bits per heavy atom. The maximum absolute atomic E-state index is 12.9. The lowest BCUT2D eigenvalue weighted by molar-refractivity contribution is -0.136. The van der Waals surface area contributed by atoms with Gasteiger partial charge in [-0.2, -0.15) is 0 Å². The fourth-order valence-electron chi connectivity index (χ4n) is 5.55. The predicted octanol–water partition coefficient (Wildman–Crippen LogP) is 2.97. The second kappa shape index (κ2) is 8.36. The van der Waals surface area contributed by atoms with Gasteiger partial charge in [-0.15, -0.1) is 0 Å². The lowest BCUT2D eigenvalue weighted by atomic mass is 9.91. The SMILES string of the molecule is O=C1CCC(N2Cc3cc(CN4CCC(c5noc6ccccc56)CC4)ccc3C2=O)C(=O)N1. The molecular formula is C26H26N4O4. The fraction of sp³-hybridized carbons (Fsp3) is 0.385. The van der Waals surface area contributed by atoms with Crippen LogP contribution in [0.1, 0.15) is 58.8 Å². The van der Waals surface area contributed by atoms with E-state index in [9.17, 15) is 14.4 Å². The van der Waals surface area contributed by atoms with E-state index >= 15 is 0 Å². The van der Waals surface area contributed by atoms with Crippen LogP contribution in [0.15, 0.2) is 47.0 Å². The molecule has 1 unspecified atom stereocenters. The maximum atomic E-state index is 12.9. The average molecular weight is 459 g/mol. The lowest BCUT2D eigenvalue weighted by Crippen LogP contribution is -2.52. The molecule has 1 aromatic heterocycles. The molecule has 174 valence electrons. The van der Waals surface area contributed by atoms with Crippen LogP contribution in [-0.2, 0) is 22.7 Å². The largest absolute Gasteiger partial charge is 0.356 e. The van der Waals surface area contributed by atoms with Crippen molar-refractivity contribution in [3.8, 4) is 0 Å². The van der Waals surface area contributed by atoms with Gasteiger partial charge in [0.05, 0.1) is 5.69 Å². The number of aromatic nitrogens is 1. The summed E-state index contributed by atoms with van der Waals surface area (Å²) in [4.78, 5) is 40.7. The van der Waals surface area contributed by atoms with Crippen molar-refractivity contribution in [1.29, 1.82) is 0 Å². The standard InChI is InChI=1S/C26H26N4O4/c31-23-8-7-21(25(32)27-23)30-15-18-13-16(5-6-19(18)26(30)33)14-29-11-9-17(10-12-29)24-20-3-1-2-4-22(20)34-28-24/h1-6,13,17,21H,7-12,14-15H2,(H,27,31,32). The molecule has 6 rings (SSSR count). The summed E-state index contributed by atoms with van der Waals surface area (Å²) >= 11 is 0. The Bertz CT molecular complexity index is 1290. The molecule has 2 saturated heterocycles. The van der Waals surface area contributed by atoms with Crippen LogP contribution in [0, 0.1) is 0 Å². The first-order valence-electron chi connectivity index (χ1n) is 11.9. The number of nitrogens with zero attached hydrogens (tertiary/aromatic N) is 3. The van der Waals surface area contributed by atoms with Crippen molar-refractivity contribution < 1.29 is 18.9 Å². The van der Waals surface area contributed by atoms with Crippen LogP contribution < -0.4 is 5.32 Å². The van der Waals surface area contributed by atoms with Crippen molar-refractivity contribution in [1.82, 2.24) is 20.3 Å². The lowest BCUT2D eigenvalue weighted by Gasteiger charge is -2.31. The number of hydrogen-bond donors (Lipinski definition) is 1. The summed E-state index contributed by atoms with van der Waals surface area (Å²) < 4.78 is 5.50. The van der Waals surface area contributed by atoms with Crippen molar-refractivity contribution in [2.45, 2.75) is 50.7 Å². The molecule has 3 amide bonds. The molecule has 0 radical (unpaired) electrons. The van der Waals surface area contributed by atoms with E-state index in [1.165, 1.54) is 5.56 Å². The minimum Gasteiger partial charge on any atom is -0.356 e. The summed E-state index contributed by atoms with van der Waals surface area (Å²) in [5.74, 6) is -0.370. The average Bonchev–Trinajstić information content (AvgIpc) is 3.41. The molecule has 0 saturated carbocycles. The number of amides is 3. The normalized spacial score (nSPS) is 21.8. The van der Waals surface area contributed by atoms with E-state index < -0.39 is 6.04 Å². The molecule has 2 fully saturated rings. The molecule has 8 nitrogen and oxygen atoms in total. The summed E-state index contributed by atoms with van der Waals surface area (Å²) in [5.41, 5.74) is 4.70. The van der Waals surface area contributed by atoms with Crippen molar-refractivity contribution in [2.75, 3.05) is 13.1 Å². The van der Waals surface area contributed by atoms with Crippen LogP contribution in [0.4, 0.5) is 0 Å². The molecule has 0 bridgehead atoms. The van der Waals surface area contributed by atoms with E-state index in [0.29, 0.717) is 24.4 Å². The monoisotopic (exact) mass is 458 g/mol. The predicted molar refractivity (Wildman–Crippen MR) is 124 cm³/mol. The Labute approximate surface area is 196 Å². The van der Waals surface area contributed by atoms with Gasteiger partial charge in [0.1, 0.15) is 6.04 Å². The molecule has 3 aliphatic rings. The van der Waals surface area contributed by atoms with Gasteiger partial charge in [0, 0.05) is 36.4 Å². The number of likely N-dealkylation sites (tertiary alicyclic amines) is 1. The van der Waals surface area contributed by atoms with Crippen LogP contribution in [0.3, 0.4) is 0 Å². The number of piperidine rings is 2. The Hall–Kier alpha value is -3.52. The highest BCUT2D eigenvalue weighted by atomic mass is 16.5. The van der Waals surface area contributed by atoms with E-state index in [1.54, 1.807) is 4.90 Å². The Morgan fingerprint density at radius 1 is 1.03 bits per heavy atom. The number of nitrogens with one attached hydrogen (secondary N) is 1. The van der Waals surface area contributed by atoms with E-state index in [2.05, 4.69) is 27.5 Å². The number of fused-ring (bicyclic) bond motifs is 2. The highest BCUT2D eigenvalue weighted by Crippen LogP contribution is 2.33. The van der Waals surface area contributed by atoms with Crippen molar-refractivity contribution >= 4 is 28.7 Å². The number of benzene rings is 2. The van der Waals surface area contributed by atoms with Gasteiger partial charge in [0.25, 0.3) is 5.91 Å². The molecule has 3 aromatic rings. The van der Waals surface area contributed by atoms with Crippen LogP contribution >= 0.6 is 0 Å². The number of hydrogen-bond acceptors (Lipinski definition) is 6. The van der Waals surface area contributed by atoms with Gasteiger partial charge < -0.3 is 9.42 Å². The molecular weight excluding hydrogens is 432 g/mol. The molecule has 1 N–H and O–H groups in total. The zero-order valence-electron chi connectivity index (χ0n) is 18.8. The number of carbonyl (C=O) groups excluding carboxylic acids is 3. The van der Waals surface area contributed by atoms with E-state index in [1.807, 2.05) is 30.3 Å². The first kappa shape index (κ1) is 21.0. The third-order valence-electron chi connectivity index (χ3n) is 7.37. The van der Waals surface area contributed by atoms with Crippen LogP contribution in [0.5, 0.6) is 0 Å². The van der Waals surface area contributed by atoms with E-state index in [0.717, 1.165) is 54.7 Å². The Balaban J connectivity index is 1.10. The molecule has 8 heteroatoms. The van der Waals surface area contributed by atoms with Gasteiger partial charge in [-0.05, 0) is 61.7 Å². The zero-order valence-corrected chi connectivity index (χ0v) is 18.8. The van der Waals surface area contributed by atoms with E-state index in [-0.39, 0.29) is 24.1 Å². The third-order valence-corrected chi connectivity index (χ3v) is 7.37. The number of rotatable bonds is 4. The van der Waals surface area contributed by atoms with Crippen molar-refractivity contribution in [3.05, 3.63) is 64.8 Å². The Morgan fingerprint density at radius 2 is 1.85 bits per heavy atom. The summed E-state index contributed by atoms with van der Waals surface area (Å²) in [6.45, 7) is 3.19. The van der Waals surface area contributed by atoms with Gasteiger partial charge in [0.2, 0.25) is 11.8 Å². The van der Waals surface area contributed by atoms with Crippen molar-refractivity contribution in [3.63, 3.8) is 0 Å². The summed E-state index contributed by atoms with van der Waals surface area (Å²) in [7, 11) is 0. The van der Waals surface area contributed by atoms with Crippen molar-refractivity contribution in [2.24, 2.45) is 0 Å². The first-order chi connectivity index (χ1) is 16.6. The molecule has 4 heterocycles. The zero-order chi connectivity index (χ0) is 23.2. The summed E-state index contributed by atoms with van der Waals surface area (Å²) in [6.07, 6.45) is 2.71. The highest BCUT2D eigenvalue weighted by Gasteiger charge is 2.39. The molecule has 1 atom stereocenters. The van der Waals surface area contributed by atoms with Gasteiger partial charge >= 0.3 is 0 Å². The van der Waals surface area contributed by atoms with Crippen LogP contribution in [0.25, 0.3) is 11.0 Å². The topological polar surface area (TPSA) is 95.8 Å². The fourth-order valence-corrected chi connectivity index (χ4v) is 5.55. The number of carbonyl (C=O) groups is 3. The molecule has 0 aliphatic carbocycles. The van der Waals surface area contributed by atoms with Gasteiger partial charge in [0.15, 0.2) is 5.58 Å². The minimum absolute atomic E-state index is 0.128. The Kier molecular flexibility index (Phi) is 5.17. The maximum Gasteiger partial charge on any atom is 0.255 e. The third kappa shape index (κ3) is 3.68. The van der Waals surface area contributed by atoms with Gasteiger partial charge in [-0.25, -0.2) is 0 Å². The quantitative estimate of drug-likeness (QED) is 0.604. The number of para-hydroxylation sites is 1. The molecule has 0 spiro atoms. The van der Waals surface area contributed by atoms with E-state index in [4.69, 9.17) is 4.52 Å². The summed E-state index contributed by atoms with van der Waals surface area (Å²) in [5, 5.41) is 7.82. The minimum atomic E-state index is -0.576. The molecule has 3 aliphatic heterocycles. The smallest absolute Gasteiger partial charge is 0.255 e. The number of imide groups is 1. The molecule has 2 aromatic carbocycles. The van der Waals surface area contributed by atoms with Crippen LogP contribution in [-0.4, -0.2) is 51.8 Å². The van der Waals surface area contributed by atoms with Crippen LogP contribution in [0.2, 0.25) is 0 Å². The second-order valence-corrected chi connectivity index (χ2v) is 9.51. The highest BCUT2D eigenvalue weighted by molar-refractivity contribution is 6.05. The first-order valence-corrected chi connectivity index (χ1v) is 11.9.